The zero-order chi connectivity index (χ0) is 28.4. The first-order valence-corrected chi connectivity index (χ1v) is 12.3. The van der Waals surface area contributed by atoms with Crippen LogP contribution in [0.4, 0.5) is 26.3 Å². The maximum absolute atomic E-state index is 12.9. The highest BCUT2D eigenvalue weighted by Gasteiger charge is 2.30. The fraction of sp³-hybridized carbons (Fsp3) is 0.320. The molecule has 0 radical (unpaired) electrons. The predicted octanol–water partition coefficient (Wildman–Crippen LogP) is 7.09. The molecule has 2 heterocycles. The van der Waals surface area contributed by atoms with Gasteiger partial charge in [-0.2, -0.15) is 26.3 Å². The van der Waals surface area contributed by atoms with E-state index < -0.39 is 43.0 Å². The number of aromatic nitrogens is 3. The largest absolute Gasteiger partial charge is 0.485 e. The maximum Gasteiger partial charge on any atom is 0.439 e. The van der Waals surface area contributed by atoms with E-state index in [1.165, 1.54) is 35.6 Å². The molecule has 0 aliphatic heterocycles. The molecule has 2 aromatic heterocycles. The van der Waals surface area contributed by atoms with Crippen molar-refractivity contribution in [3.63, 3.8) is 0 Å². The van der Waals surface area contributed by atoms with Crippen molar-refractivity contribution in [3.8, 4) is 27.7 Å². The van der Waals surface area contributed by atoms with Crippen LogP contribution in [0, 0.1) is 6.92 Å². The lowest BCUT2D eigenvalue weighted by Gasteiger charge is -2.18. The molecule has 0 spiro atoms. The predicted molar refractivity (Wildman–Crippen MR) is 129 cm³/mol. The van der Waals surface area contributed by atoms with Crippen LogP contribution < -0.4 is 10.5 Å². The molecular weight excluding hydrogens is 552 g/mol. The fourth-order valence-corrected chi connectivity index (χ4v) is 4.92. The summed E-state index contributed by atoms with van der Waals surface area (Å²) >= 11 is 1.27. The number of thiazole rings is 1. The molecule has 208 valence electrons. The topological polar surface area (TPSA) is 90.2 Å². The van der Waals surface area contributed by atoms with Crippen molar-refractivity contribution in [2.24, 2.45) is 0 Å². The van der Waals surface area contributed by atoms with Crippen LogP contribution in [-0.2, 0) is 17.5 Å². The lowest BCUT2D eigenvalue weighted by atomic mass is 10.1. The van der Waals surface area contributed by atoms with Gasteiger partial charge in [-0.25, -0.2) is 9.78 Å². The summed E-state index contributed by atoms with van der Waals surface area (Å²) in [5, 5.41) is 4.11. The van der Waals surface area contributed by atoms with Gasteiger partial charge in [-0.1, -0.05) is 24.2 Å². The van der Waals surface area contributed by atoms with Gasteiger partial charge in [-0.05, 0) is 49.2 Å². The third-order valence-electron chi connectivity index (χ3n) is 5.53. The number of H-pyrrole nitrogens is 1. The number of hydrogen-bond acceptors (Lipinski definition) is 7. The molecule has 0 fully saturated rings. The Morgan fingerprint density at radius 3 is 2.38 bits per heavy atom. The van der Waals surface area contributed by atoms with Gasteiger partial charge in [0.25, 0.3) is 0 Å². The second-order valence-corrected chi connectivity index (χ2v) is 9.46. The lowest BCUT2D eigenvalue weighted by Crippen LogP contribution is -2.17. The van der Waals surface area contributed by atoms with E-state index >= 15 is 0 Å². The standard InChI is InChI=1S/C25H21F6N3O4S/c1-3-19(20-13(2)32-22(39-20)14-4-6-16(7-5-14)25(29,30)31)37-17-8-9-18(21-33-23(35)38-34-21)15(10-17)11-36-12-24(26,27)28/h4-10,19H,3,11-12H2,1-2H3,(H,33,34,35). The number of aromatic amines is 1. The number of alkyl halides is 6. The Bertz CT molecular complexity index is 1470. The van der Waals surface area contributed by atoms with Gasteiger partial charge in [0.2, 0.25) is 0 Å². The summed E-state index contributed by atoms with van der Waals surface area (Å²) in [5.41, 5.74) is 0.951. The molecule has 1 unspecified atom stereocenters. The summed E-state index contributed by atoms with van der Waals surface area (Å²) in [7, 11) is 0. The van der Waals surface area contributed by atoms with Crippen LogP contribution in [0.15, 0.2) is 51.8 Å². The van der Waals surface area contributed by atoms with E-state index in [4.69, 9.17) is 9.47 Å². The summed E-state index contributed by atoms with van der Waals surface area (Å²) in [6, 6.07) is 9.24. The lowest BCUT2D eigenvalue weighted by molar-refractivity contribution is -0.176. The number of rotatable bonds is 9. The molecule has 14 heteroatoms. The molecule has 0 saturated carbocycles. The van der Waals surface area contributed by atoms with E-state index in [9.17, 15) is 31.1 Å². The number of hydrogen-bond donors (Lipinski definition) is 1. The minimum absolute atomic E-state index is 0.0173. The quantitative estimate of drug-likeness (QED) is 0.215. The van der Waals surface area contributed by atoms with Crippen molar-refractivity contribution in [3.05, 3.63) is 74.7 Å². The number of nitrogens with zero attached hydrogens (tertiary/aromatic N) is 2. The number of halogens is 6. The Hall–Kier alpha value is -3.65. The molecule has 1 N–H and O–H groups in total. The number of nitrogens with one attached hydrogen (secondary N) is 1. The zero-order valence-corrected chi connectivity index (χ0v) is 21.3. The minimum Gasteiger partial charge on any atom is -0.485 e. The van der Waals surface area contributed by atoms with Crippen LogP contribution in [-0.4, -0.2) is 27.9 Å². The highest BCUT2D eigenvalue weighted by atomic mass is 32.1. The molecule has 0 aliphatic carbocycles. The van der Waals surface area contributed by atoms with Crippen molar-refractivity contribution in [2.45, 2.75) is 45.3 Å². The smallest absolute Gasteiger partial charge is 0.439 e. The van der Waals surface area contributed by atoms with E-state index in [-0.39, 0.29) is 11.4 Å². The van der Waals surface area contributed by atoms with Gasteiger partial charge < -0.3 is 9.47 Å². The second-order valence-electron chi connectivity index (χ2n) is 8.43. The fourth-order valence-electron chi connectivity index (χ4n) is 3.74. The third kappa shape index (κ3) is 7.06. The Kier molecular flexibility index (Phi) is 8.16. The van der Waals surface area contributed by atoms with Gasteiger partial charge in [0.05, 0.1) is 22.7 Å². The van der Waals surface area contributed by atoms with Crippen LogP contribution in [0.25, 0.3) is 22.0 Å². The third-order valence-corrected chi connectivity index (χ3v) is 6.83. The first-order chi connectivity index (χ1) is 18.3. The van der Waals surface area contributed by atoms with Crippen molar-refractivity contribution in [1.82, 2.24) is 15.1 Å². The van der Waals surface area contributed by atoms with E-state index in [2.05, 4.69) is 19.6 Å². The minimum atomic E-state index is -4.53. The van der Waals surface area contributed by atoms with Crippen LogP contribution in [0.3, 0.4) is 0 Å². The highest BCUT2D eigenvalue weighted by Crippen LogP contribution is 2.38. The zero-order valence-electron chi connectivity index (χ0n) is 20.4. The van der Waals surface area contributed by atoms with E-state index in [1.807, 2.05) is 6.92 Å². The molecule has 2 aromatic carbocycles. The maximum atomic E-state index is 12.9. The van der Waals surface area contributed by atoms with Crippen molar-refractivity contribution < 1.29 is 40.3 Å². The molecule has 4 aromatic rings. The normalized spacial score (nSPS) is 13.0. The molecule has 0 bridgehead atoms. The molecule has 0 aliphatic rings. The van der Waals surface area contributed by atoms with Gasteiger partial charge in [-0.15, -0.1) is 11.3 Å². The van der Waals surface area contributed by atoms with Crippen LogP contribution in [0.1, 0.15) is 41.1 Å². The molecule has 39 heavy (non-hydrogen) atoms. The van der Waals surface area contributed by atoms with E-state index in [0.29, 0.717) is 34.0 Å². The monoisotopic (exact) mass is 573 g/mol. The Morgan fingerprint density at radius 1 is 1.08 bits per heavy atom. The summed E-state index contributed by atoms with van der Waals surface area (Å²) in [6.07, 6.45) is -8.99. The average Bonchev–Trinajstić information content (AvgIpc) is 3.47. The number of ether oxygens (including phenoxy) is 2. The van der Waals surface area contributed by atoms with Crippen molar-refractivity contribution in [2.75, 3.05) is 6.61 Å². The van der Waals surface area contributed by atoms with Crippen molar-refractivity contribution in [1.29, 1.82) is 0 Å². The summed E-state index contributed by atoms with van der Waals surface area (Å²) in [6.45, 7) is 1.70. The van der Waals surface area contributed by atoms with E-state index in [0.717, 1.165) is 17.0 Å². The summed E-state index contributed by atoms with van der Waals surface area (Å²) in [5.74, 6) is -0.502. The van der Waals surface area contributed by atoms with Gasteiger partial charge in [-0.3, -0.25) is 9.51 Å². The van der Waals surface area contributed by atoms with Crippen molar-refractivity contribution >= 4 is 11.3 Å². The SMILES string of the molecule is CCC(Oc1ccc(-c2noc(=O)[nH]2)c(COCC(F)(F)F)c1)c1sc(-c2ccc(C(F)(F)F)cc2)nc1C. The summed E-state index contributed by atoms with van der Waals surface area (Å²) in [4.78, 5) is 19.0. The number of aryl methyl sites for hydroxylation is 1. The first-order valence-electron chi connectivity index (χ1n) is 11.5. The van der Waals surface area contributed by atoms with Gasteiger partial charge in [0, 0.05) is 11.1 Å². The first kappa shape index (κ1) is 28.4. The highest BCUT2D eigenvalue weighted by molar-refractivity contribution is 7.15. The molecule has 4 rings (SSSR count). The van der Waals surface area contributed by atoms with Gasteiger partial charge >= 0.3 is 18.1 Å². The Labute approximate surface area is 221 Å². The van der Waals surface area contributed by atoms with E-state index in [1.54, 1.807) is 13.0 Å². The van der Waals surface area contributed by atoms with Crippen LogP contribution >= 0.6 is 11.3 Å². The molecule has 7 nitrogen and oxygen atoms in total. The van der Waals surface area contributed by atoms with Gasteiger partial charge in [0.1, 0.15) is 23.5 Å². The Balaban J connectivity index is 1.59. The Morgan fingerprint density at radius 2 is 1.79 bits per heavy atom. The molecular formula is C25H21F6N3O4S. The second kappa shape index (κ2) is 11.2. The molecule has 0 saturated heterocycles. The molecule has 0 amide bonds. The average molecular weight is 574 g/mol. The molecule has 1 atom stereocenters. The summed E-state index contributed by atoms with van der Waals surface area (Å²) < 4.78 is 92.1. The van der Waals surface area contributed by atoms with Gasteiger partial charge in [0.15, 0.2) is 5.82 Å². The number of benzene rings is 2. The van der Waals surface area contributed by atoms with Crippen LogP contribution in [0.5, 0.6) is 5.75 Å². The van der Waals surface area contributed by atoms with Crippen LogP contribution in [0.2, 0.25) is 0 Å².